The number of aliphatic imine (C=N–C) groups is 4. The van der Waals surface area contributed by atoms with Crippen LogP contribution in [-0.2, 0) is 38.4 Å². The minimum atomic E-state index is -1.36. The molecule has 0 saturated heterocycles. The number of carboxylic acid groups (broad SMARTS) is 1. The van der Waals surface area contributed by atoms with E-state index in [4.69, 9.17) is 51.6 Å². The Morgan fingerprint density at radius 3 is 0.792 bits per heavy atom. The predicted molar refractivity (Wildman–Crippen MR) is 297 cm³/mol. The maximum Gasteiger partial charge on any atom is 0.326 e. The van der Waals surface area contributed by atoms with Crippen molar-refractivity contribution in [3.8, 4) is 0 Å². The molecule has 0 rings (SSSR count). The summed E-state index contributed by atoms with van der Waals surface area (Å²) in [7, 11) is 0. The fourth-order valence-corrected chi connectivity index (χ4v) is 7.68. The van der Waals surface area contributed by atoms with Gasteiger partial charge < -0.3 is 93.9 Å². The number of nitrogens with zero attached hydrogens (tertiary/aromatic N) is 4. The Morgan fingerprint density at radius 2 is 0.545 bits per heavy atom. The van der Waals surface area contributed by atoms with Crippen molar-refractivity contribution in [1.29, 1.82) is 0 Å². The lowest BCUT2D eigenvalue weighted by atomic mass is 9.99. The molecule has 29 nitrogen and oxygen atoms in total. The molecule has 0 aromatic rings. The van der Waals surface area contributed by atoms with Gasteiger partial charge in [0.2, 0.25) is 41.4 Å². The molecule has 0 heterocycles. The van der Waals surface area contributed by atoms with Crippen LogP contribution in [0.1, 0.15) is 132 Å². The number of guanidine groups is 4. The smallest absolute Gasteiger partial charge is 0.326 e. The Labute approximate surface area is 452 Å². The first kappa shape index (κ1) is 69.8. The number of aliphatic carboxylic acids is 1. The van der Waals surface area contributed by atoms with Crippen molar-refractivity contribution in [3.05, 3.63) is 0 Å². The van der Waals surface area contributed by atoms with Crippen molar-refractivity contribution >= 4 is 71.2 Å². The minimum absolute atomic E-state index is 0.0141. The second kappa shape index (κ2) is 37.5. The molecule has 0 bridgehead atoms. The number of carbonyl (C=O) groups is 8. The van der Waals surface area contributed by atoms with Gasteiger partial charge in [-0.25, -0.2) is 4.79 Å². The summed E-state index contributed by atoms with van der Waals surface area (Å²) in [5, 5.41) is 28.7. The second-order valence-corrected chi connectivity index (χ2v) is 20.7. The van der Waals surface area contributed by atoms with E-state index in [9.17, 15) is 43.5 Å². The molecule has 8 atom stereocenters. The first-order valence-corrected chi connectivity index (χ1v) is 26.3. The molecule has 0 radical (unpaired) electrons. The molecule has 7 amide bonds. The van der Waals surface area contributed by atoms with Crippen molar-refractivity contribution in [2.24, 2.45) is 95.2 Å². The summed E-state index contributed by atoms with van der Waals surface area (Å²) < 4.78 is 0. The fourth-order valence-electron chi connectivity index (χ4n) is 7.68. The maximum absolute atomic E-state index is 14.4. The molecule has 0 aromatic carbocycles. The van der Waals surface area contributed by atoms with E-state index in [1.165, 1.54) is 0 Å². The third-order valence-corrected chi connectivity index (χ3v) is 11.4. The van der Waals surface area contributed by atoms with E-state index in [2.05, 4.69) is 57.2 Å². The minimum Gasteiger partial charge on any atom is -0.480 e. The van der Waals surface area contributed by atoms with E-state index in [1.54, 1.807) is 13.8 Å². The summed E-state index contributed by atoms with van der Waals surface area (Å²) >= 11 is 0. The summed E-state index contributed by atoms with van der Waals surface area (Å²) in [5.41, 5.74) is 49.8. The van der Waals surface area contributed by atoms with Gasteiger partial charge in [0.05, 0.1) is 6.04 Å². The molecule has 0 aliphatic rings. The molecule has 0 aliphatic heterocycles. The van der Waals surface area contributed by atoms with Gasteiger partial charge in [-0.15, -0.1) is 0 Å². The third kappa shape index (κ3) is 32.8. The van der Waals surface area contributed by atoms with Gasteiger partial charge in [-0.2, -0.15) is 0 Å². The molecule has 0 fully saturated rings. The molecule has 0 aliphatic carbocycles. The fraction of sp³-hybridized carbons (Fsp3) is 0.750. The Morgan fingerprint density at radius 1 is 0.338 bits per heavy atom. The Hall–Kier alpha value is -7.20. The lowest BCUT2D eigenvalue weighted by Crippen LogP contribution is -2.60. The highest BCUT2D eigenvalue weighted by Gasteiger charge is 2.35. The number of hydrogen-bond donors (Lipinski definition) is 17. The number of nitrogens with one attached hydrogen (secondary N) is 7. The number of carbonyl (C=O) groups excluding carboxylic acids is 7. The van der Waals surface area contributed by atoms with Gasteiger partial charge in [0, 0.05) is 26.2 Å². The monoisotopic (exact) mass is 1090 g/mol. The van der Waals surface area contributed by atoms with Crippen LogP contribution >= 0.6 is 0 Å². The van der Waals surface area contributed by atoms with Crippen LogP contribution < -0.4 is 88.8 Å². The van der Waals surface area contributed by atoms with Crippen LogP contribution in [0.4, 0.5) is 0 Å². The number of carboxylic acids is 1. The summed E-state index contributed by atoms with van der Waals surface area (Å²) in [6, 6.07) is -9.79. The van der Waals surface area contributed by atoms with E-state index in [-0.39, 0.29) is 144 Å². The van der Waals surface area contributed by atoms with Gasteiger partial charge >= 0.3 is 5.97 Å². The van der Waals surface area contributed by atoms with Crippen LogP contribution in [0.5, 0.6) is 0 Å². The lowest BCUT2D eigenvalue weighted by Gasteiger charge is -2.29. The Kier molecular flexibility index (Phi) is 34.0. The summed E-state index contributed by atoms with van der Waals surface area (Å²) in [6.07, 6.45) is 1.54. The first-order valence-electron chi connectivity index (χ1n) is 26.3. The number of hydrogen-bond acceptors (Lipinski definition) is 13. The van der Waals surface area contributed by atoms with Gasteiger partial charge in [-0.3, -0.25) is 53.5 Å². The van der Waals surface area contributed by atoms with Crippen LogP contribution in [0.2, 0.25) is 0 Å². The van der Waals surface area contributed by atoms with E-state index < -0.39 is 95.7 Å². The summed E-state index contributed by atoms with van der Waals surface area (Å²) in [4.78, 5) is 126. The topological polar surface area (TPSA) is 525 Å². The number of rotatable bonds is 39. The van der Waals surface area contributed by atoms with Gasteiger partial charge in [-0.1, -0.05) is 55.4 Å². The number of amides is 7. The average molecular weight is 1100 g/mol. The summed E-state index contributed by atoms with van der Waals surface area (Å²) in [6.45, 7) is 15.1. The van der Waals surface area contributed by atoms with E-state index in [0.29, 0.717) is 6.42 Å². The zero-order chi connectivity index (χ0) is 58.9. The Balaban J connectivity index is 6.92. The largest absolute Gasteiger partial charge is 0.480 e. The highest BCUT2D eigenvalue weighted by molar-refractivity contribution is 5.97. The van der Waals surface area contributed by atoms with E-state index in [1.807, 2.05) is 41.5 Å². The molecule has 0 spiro atoms. The maximum atomic E-state index is 14.4. The van der Waals surface area contributed by atoms with Crippen molar-refractivity contribution < 1.29 is 43.5 Å². The highest BCUT2D eigenvalue weighted by atomic mass is 16.4. The van der Waals surface area contributed by atoms with Crippen LogP contribution in [0.15, 0.2) is 20.0 Å². The van der Waals surface area contributed by atoms with E-state index >= 15 is 0 Å². The third-order valence-electron chi connectivity index (χ3n) is 11.4. The van der Waals surface area contributed by atoms with Gasteiger partial charge in [0.15, 0.2) is 23.8 Å². The average Bonchev–Trinajstić information content (AvgIpc) is 3.30. The van der Waals surface area contributed by atoms with Crippen LogP contribution in [0.25, 0.3) is 0 Å². The molecular weight excluding hydrogens is 1000 g/mol. The van der Waals surface area contributed by atoms with Crippen molar-refractivity contribution in [3.63, 3.8) is 0 Å². The van der Waals surface area contributed by atoms with Crippen molar-refractivity contribution in [2.45, 2.75) is 181 Å². The van der Waals surface area contributed by atoms with Gasteiger partial charge in [0.25, 0.3) is 0 Å². The molecule has 0 saturated carbocycles. The highest BCUT2D eigenvalue weighted by Crippen LogP contribution is 2.14. The molecule has 0 unspecified atom stereocenters. The lowest BCUT2D eigenvalue weighted by molar-refractivity contribution is -0.142. The molecule has 26 N–H and O–H groups in total. The first-order chi connectivity index (χ1) is 35.9. The van der Waals surface area contributed by atoms with Crippen LogP contribution in [0.3, 0.4) is 0 Å². The van der Waals surface area contributed by atoms with E-state index in [0.717, 1.165) is 0 Å². The molecule has 29 heteroatoms. The zero-order valence-corrected chi connectivity index (χ0v) is 46.4. The Bertz CT molecular complexity index is 2000. The quantitative estimate of drug-likeness (QED) is 0.0159. The predicted octanol–water partition coefficient (Wildman–Crippen LogP) is -3.81. The number of nitrogens with two attached hydrogens (primary N) is 9. The van der Waals surface area contributed by atoms with Crippen LogP contribution in [-0.4, -0.2) is 151 Å². The van der Waals surface area contributed by atoms with Gasteiger partial charge in [0.1, 0.15) is 42.3 Å². The van der Waals surface area contributed by atoms with Crippen LogP contribution in [0, 0.1) is 23.7 Å². The summed E-state index contributed by atoms with van der Waals surface area (Å²) in [5.74, 6) is -7.72. The SMILES string of the molecule is CC(C)C[C@H](NC(=O)[C@H](CC(C)C)NC(=O)[C@H](CCCN=C(N)N)NC(=O)[C@H](CCCN=C(N)N)NC(=O)[C@H](CC(C)C)NC(=O)[C@H](CC(C)C)NC(=O)[C@@H](N)CCCN=C(N)N)C(=O)N[C@@H](CCCN=C(N)N)C(=O)O. The normalized spacial score (nSPS) is 14.2. The van der Waals surface area contributed by atoms with Gasteiger partial charge in [-0.05, 0) is 101 Å². The van der Waals surface area contributed by atoms with Crippen molar-refractivity contribution in [1.82, 2.24) is 37.2 Å². The standard InChI is InChI=1S/C48H94N20O9/c1-25(2)21-33(65-37(69)29(49)13-9-17-58-45(50)51)42(74)67-34(22-26(3)4)40(72)63-30(14-10-18-59-46(52)53)38(70)62-31(15-11-19-60-47(54)55)39(71)66-36(24-28(7)8)43(75)68-35(23-27(5)6)41(73)64-32(44(76)77)16-12-20-61-48(56)57/h25-36H,9-24,49H2,1-8H3,(H,62,70)(H,63,72)(H,64,73)(H,65,69)(H,66,71)(H,67,74)(H,68,75)(H,76,77)(H4,50,51,58)(H4,52,53,59)(H4,54,55,60)(H4,56,57,61)/t29-,30-,31-,32-,33-,34-,35-,36-/m0/s1. The molecule has 0 aromatic heterocycles. The molecule has 440 valence electrons. The zero-order valence-electron chi connectivity index (χ0n) is 46.4. The second-order valence-electron chi connectivity index (χ2n) is 20.7. The molecular formula is C48H94N20O9. The van der Waals surface area contributed by atoms with Crippen molar-refractivity contribution in [2.75, 3.05) is 26.2 Å². The molecule has 77 heavy (non-hydrogen) atoms.